The van der Waals surface area contributed by atoms with Crippen molar-refractivity contribution in [3.05, 3.63) is 62.9 Å². The van der Waals surface area contributed by atoms with Gasteiger partial charge in [0, 0.05) is 5.56 Å². The van der Waals surface area contributed by atoms with E-state index in [1.165, 1.54) is 0 Å². The first-order chi connectivity index (χ1) is 14.3. The molecule has 0 unspecified atom stereocenters. The summed E-state index contributed by atoms with van der Waals surface area (Å²) in [5.74, 6) is -2.58. The highest BCUT2D eigenvalue weighted by atomic mass is 35.5. The lowest BCUT2D eigenvalue weighted by molar-refractivity contribution is -0.138. The second kappa shape index (κ2) is 8.00. The van der Waals surface area contributed by atoms with Gasteiger partial charge in [0.05, 0.1) is 26.4 Å². The first kappa shape index (κ1) is 22.8. The standard InChI is InChI=1S/C18H9ClF6N2O3S/c19-11-5-10(18(23,24)25)6-12-14(11)31-16(27(12)7-13(28)29)26-15(30)8-2-1-3-9(4-8)17(20,21)22/h1-6H,7H2,(H,28,29). The molecule has 0 aliphatic heterocycles. The number of nitrogens with zero attached hydrogens (tertiary/aromatic N) is 2. The highest BCUT2D eigenvalue weighted by Crippen LogP contribution is 2.36. The Bertz CT molecular complexity index is 1260. The lowest BCUT2D eigenvalue weighted by Gasteiger charge is -2.09. The lowest BCUT2D eigenvalue weighted by Crippen LogP contribution is -2.21. The van der Waals surface area contributed by atoms with Crippen LogP contribution in [-0.4, -0.2) is 21.6 Å². The van der Waals surface area contributed by atoms with Crippen LogP contribution >= 0.6 is 22.9 Å². The van der Waals surface area contributed by atoms with Crippen LogP contribution in [0, 0.1) is 0 Å². The van der Waals surface area contributed by atoms with Crippen molar-refractivity contribution in [2.75, 3.05) is 0 Å². The molecule has 164 valence electrons. The maximum Gasteiger partial charge on any atom is 0.416 e. The predicted octanol–water partition coefficient (Wildman–Crippen LogP) is 5.22. The zero-order valence-corrected chi connectivity index (χ0v) is 16.5. The van der Waals surface area contributed by atoms with Crippen LogP contribution in [0.25, 0.3) is 10.2 Å². The quantitative estimate of drug-likeness (QED) is 0.520. The van der Waals surface area contributed by atoms with Gasteiger partial charge in [-0.05, 0) is 30.3 Å². The maximum atomic E-state index is 13.1. The molecule has 1 N–H and O–H groups in total. The van der Waals surface area contributed by atoms with Gasteiger partial charge in [0.25, 0.3) is 5.91 Å². The highest BCUT2D eigenvalue weighted by Gasteiger charge is 2.33. The molecule has 13 heteroatoms. The molecule has 0 atom stereocenters. The molecule has 0 aliphatic carbocycles. The summed E-state index contributed by atoms with van der Waals surface area (Å²) >= 11 is 6.55. The van der Waals surface area contributed by atoms with E-state index in [9.17, 15) is 35.9 Å². The average Bonchev–Trinajstić information content (AvgIpc) is 2.98. The summed E-state index contributed by atoms with van der Waals surface area (Å²) in [4.78, 5) is 27.0. The SMILES string of the molecule is O=C(O)Cn1c(=NC(=O)c2cccc(C(F)(F)F)c2)sc2c(Cl)cc(C(F)(F)F)cc21. The van der Waals surface area contributed by atoms with E-state index in [2.05, 4.69) is 4.99 Å². The Labute approximate surface area is 177 Å². The summed E-state index contributed by atoms with van der Waals surface area (Å²) in [7, 11) is 0. The molecule has 0 aliphatic rings. The molecular weight excluding hydrogens is 474 g/mol. The number of carboxylic acids is 1. The second-order valence-electron chi connectivity index (χ2n) is 6.16. The van der Waals surface area contributed by atoms with Crippen LogP contribution in [0.1, 0.15) is 21.5 Å². The molecule has 1 aromatic heterocycles. The van der Waals surface area contributed by atoms with E-state index in [4.69, 9.17) is 16.7 Å². The largest absolute Gasteiger partial charge is 0.480 e. The van der Waals surface area contributed by atoms with E-state index in [-0.39, 0.29) is 20.0 Å². The number of thiazole rings is 1. The minimum atomic E-state index is -4.77. The molecule has 0 radical (unpaired) electrons. The Morgan fingerprint density at radius 3 is 2.26 bits per heavy atom. The summed E-state index contributed by atoms with van der Waals surface area (Å²) in [5.41, 5.74) is -2.90. The number of fused-ring (bicyclic) bond motifs is 1. The van der Waals surface area contributed by atoms with E-state index < -0.39 is 47.5 Å². The van der Waals surface area contributed by atoms with Crippen LogP contribution < -0.4 is 4.80 Å². The minimum Gasteiger partial charge on any atom is -0.480 e. The van der Waals surface area contributed by atoms with E-state index in [0.717, 1.165) is 22.8 Å². The summed E-state index contributed by atoms with van der Waals surface area (Å²) < 4.78 is 78.8. The van der Waals surface area contributed by atoms with Gasteiger partial charge < -0.3 is 9.67 Å². The van der Waals surface area contributed by atoms with E-state index in [0.29, 0.717) is 29.5 Å². The Morgan fingerprint density at radius 2 is 1.68 bits per heavy atom. The third-order valence-electron chi connectivity index (χ3n) is 3.99. The third-order valence-corrected chi connectivity index (χ3v) is 5.53. The number of alkyl halides is 6. The minimum absolute atomic E-state index is 0.0338. The molecule has 3 aromatic rings. The van der Waals surface area contributed by atoms with Crippen molar-refractivity contribution in [2.24, 2.45) is 4.99 Å². The van der Waals surface area contributed by atoms with Crippen molar-refractivity contribution in [3.8, 4) is 0 Å². The zero-order chi connectivity index (χ0) is 23.1. The number of halogens is 7. The van der Waals surface area contributed by atoms with E-state index in [1.54, 1.807) is 0 Å². The number of carbonyl (C=O) groups is 2. The smallest absolute Gasteiger partial charge is 0.416 e. The number of aliphatic carboxylic acids is 1. The fourth-order valence-corrected chi connectivity index (χ4v) is 3.99. The van der Waals surface area contributed by atoms with Crippen molar-refractivity contribution in [2.45, 2.75) is 18.9 Å². The van der Waals surface area contributed by atoms with Gasteiger partial charge >= 0.3 is 18.3 Å². The Morgan fingerprint density at radius 1 is 1.03 bits per heavy atom. The average molecular weight is 483 g/mol. The molecule has 31 heavy (non-hydrogen) atoms. The molecule has 0 saturated carbocycles. The van der Waals surface area contributed by atoms with Gasteiger partial charge in [-0.1, -0.05) is 29.0 Å². The molecule has 0 fully saturated rings. The summed E-state index contributed by atoms with van der Waals surface area (Å²) in [6.45, 7) is -0.855. The van der Waals surface area contributed by atoms with E-state index >= 15 is 0 Å². The Kier molecular flexibility index (Phi) is 5.89. The normalized spacial score (nSPS) is 13.1. The summed E-state index contributed by atoms with van der Waals surface area (Å²) in [5, 5.41) is 8.78. The Hall–Kier alpha value is -2.86. The lowest BCUT2D eigenvalue weighted by atomic mass is 10.1. The number of rotatable bonds is 3. The molecule has 0 saturated heterocycles. The predicted molar refractivity (Wildman–Crippen MR) is 98.8 cm³/mol. The van der Waals surface area contributed by atoms with Gasteiger partial charge in [0.2, 0.25) is 0 Å². The number of hydrogen-bond donors (Lipinski definition) is 1. The number of hydrogen-bond acceptors (Lipinski definition) is 3. The summed E-state index contributed by atoms with van der Waals surface area (Å²) in [6.07, 6.45) is -9.48. The van der Waals surface area contributed by atoms with Crippen LogP contribution in [0.4, 0.5) is 26.3 Å². The molecule has 2 aromatic carbocycles. The first-order valence-corrected chi connectivity index (χ1v) is 9.35. The Balaban J connectivity index is 2.21. The number of aromatic nitrogens is 1. The molecule has 0 bridgehead atoms. The van der Waals surface area contributed by atoms with Crippen molar-refractivity contribution >= 4 is 45.0 Å². The van der Waals surface area contributed by atoms with E-state index in [1.807, 2.05) is 0 Å². The van der Waals surface area contributed by atoms with Gasteiger partial charge in [0.1, 0.15) is 6.54 Å². The monoisotopic (exact) mass is 482 g/mol. The van der Waals surface area contributed by atoms with Gasteiger partial charge in [-0.15, -0.1) is 0 Å². The van der Waals surface area contributed by atoms with Gasteiger partial charge in [-0.3, -0.25) is 9.59 Å². The fourth-order valence-electron chi connectivity index (χ4n) is 2.64. The maximum absolute atomic E-state index is 13.1. The second-order valence-corrected chi connectivity index (χ2v) is 7.55. The summed E-state index contributed by atoms with van der Waals surface area (Å²) in [6, 6.07) is 4.69. The number of carbonyl (C=O) groups excluding carboxylic acids is 1. The molecule has 1 amide bonds. The van der Waals surface area contributed by atoms with Crippen LogP contribution in [0.15, 0.2) is 41.4 Å². The highest BCUT2D eigenvalue weighted by molar-refractivity contribution is 7.17. The number of benzene rings is 2. The van der Waals surface area contributed by atoms with Crippen molar-refractivity contribution < 1.29 is 41.0 Å². The van der Waals surface area contributed by atoms with Crippen molar-refractivity contribution in [1.29, 1.82) is 0 Å². The van der Waals surface area contributed by atoms with Crippen LogP contribution in [-0.2, 0) is 23.7 Å². The van der Waals surface area contributed by atoms with Gasteiger partial charge in [0.15, 0.2) is 4.80 Å². The fraction of sp³-hybridized carbons (Fsp3) is 0.167. The number of carboxylic acid groups (broad SMARTS) is 1. The molecule has 3 rings (SSSR count). The van der Waals surface area contributed by atoms with Gasteiger partial charge in [-0.25, -0.2) is 0 Å². The first-order valence-electron chi connectivity index (χ1n) is 8.15. The van der Waals surface area contributed by atoms with Crippen LogP contribution in [0.3, 0.4) is 0 Å². The van der Waals surface area contributed by atoms with Crippen molar-refractivity contribution in [1.82, 2.24) is 4.57 Å². The molecule has 1 heterocycles. The number of amides is 1. The zero-order valence-electron chi connectivity index (χ0n) is 14.9. The molecular formula is C18H9ClF6N2O3S. The van der Waals surface area contributed by atoms with Crippen LogP contribution in [0.2, 0.25) is 5.02 Å². The topological polar surface area (TPSA) is 71.7 Å². The molecule has 0 spiro atoms. The third kappa shape index (κ3) is 4.90. The van der Waals surface area contributed by atoms with Crippen LogP contribution in [0.5, 0.6) is 0 Å². The van der Waals surface area contributed by atoms with Gasteiger partial charge in [-0.2, -0.15) is 31.3 Å². The van der Waals surface area contributed by atoms with Crippen molar-refractivity contribution in [3.63, 3.8) is 0 Å². The molecule has 5 nitrogen and oxygen atoms in total.